The van der Waals surface area contributed by atoms with Gasteiger partial charge in [0.1, 0.15) is 17.1 Å². The van der Waals surface area contributed by atoms with Gasteiger partial charge in [-0.3, -0.25) is 9.59 Å². The van der Waals surface area contributed by atoms with Crippen LogP contribution in [0.5, 0.6) is 0 Å². The van der Waals surface area contributed by atoms with E-state index >= 15 is 0 Å². The highest BCUT2D eigenvalue weighted by Crippen LogP contribution is 2.21. The van der Waals surface area contributed by atoms with Crippen molar-refractivity contribution in [2.75, 3.05) is 5.75 Å². The van der Waals surface area contributed by atoms with Crippen LogP contribution in [0.1, 0.15) is 5.76 Å². The zero-order valence-corrected chi connectivity index (χ0v) is 15.2. The van der Waals surface area contributed by atoms with Gasteiger partial charge in [0.15, 0.2) is 0 Å². The maximum atomic E-state index is 13.1. The summed E-state index contributed by atoms with van der Waals surface area (Å²) >= 11 is 1.13. The lowest BCUT2D eigenvalue weighted by Gasteiger charge is -2.04. The van der Waals surface area contributed by atoms with Crippen molar-refractivity contribution < 1.29 is 13.6 Å². The van der Waals surface area contributed by atoms with Crippen molar-refractivity contribution in [3.05, 3.63) is 70.7 Å². The minimum Gasteiger partial charge on any atom is -0.467 e. The molecule has 8 nitrogen and oxygen atoms in total. The van der Waals surface area contributed by atoms with Crippen molar-refractivity contribution in [3.8, 4) is 11.3 Å². The third kappa shape index (κ3) is 3.81. The molecular weight excluding hydrogens is 385 g/mol. The molecule has 0 aliphatic heterocycles. The molecule has 142 valence electrons. The van der Waals surface area contributed by atoms with E-state index < -0.39 is 5.56 Å². The lowest BCUT2D eigenvalue weighted by atomic mass is 10.1. The summed E-state index contributed by atoms with van der Waals surface area (Å²) in [6.07, 6.45) is 1.54. The molecule has 1 aromatic carbocycles. The second-order valence-corrected chi connectivity index (χ2v) is 6.76. The van der Waals surface area contributed by atoms with Crippen LogP contribution < -0.4 is 10.9 Å². The smallest absolute Gasteiger partial charge is 0.290 e. The molecular formula is C18H14FN5O3S. The van der Waals surface area contributed by atoms with Gasteiger partial charge in [0.25, 0.3) is 5.56 Å². The molecule has 28 heavy (non-hydrogen) atoms. The van der Waals surface area contributed by atoms with E-state index in [2.05, 4.69) is 20.6 Å². The first kappa shape index (κ1) is 18.0. The van der Waals surface area contributed by atoms with E-state index in [1.54, 1.807) is 30.3 Å². The fourth-order valence-electron chi connectivity index (χ4n) is 2.53. The van der Waals surface area contributed by atoms with Crippen LogP contribution in [-0.4, -0.2) is 31.5 Å². The Morgan fingerprint density at radius 1 is 1.29 bits per heavy atom. The number of aromatic amines is 1. The van der Waals surface area contributed by atoms with E-state index in [1.165, 1.54) is 22.9 Å². The fraction of sp³-hybridized carbons (Fsp3) is 0.111. The average Bonchev–Trinajstić information content (AvgIpc) is 3.37. The number of fused-ring (bicyclic) bond motifs is 1. The summed E-state index contributed by atoms with van der Waals surface area (Å²) in [4.78, 5) is 24.1. The van der Waals surface area contributed by atoms with E-state index in [4.69, 9.17) is 4.42 Å². The number of aromatic nitrogens is 4. The average molecular weight is 399 g/mol. The highest BCUT2D eigenvalue weighted by molar-refractivity contribution is 7.99. The number of hydrogen-bond acceptors (Lipinski definition) is 6. The molecule has 3 aromatic heterocycles. The van der Waals surface area contributed by atoms with Crippen LogP contribution >= 0.6 is 11.8 Å². The molecule has 0 atom stereocenters. The van der Waals surface area contributed by atoms with Gasteiger partial charge in [-0.1, -0.05) is 11.8 Å². The normalized spacial score (nSPS) is 11.0. The largest absolute Gasteiger partial charge is 0.467 e. The molecule has 4 rings (SSSR count). The predicted molar refractivity (Wildman–Crippen MR) is 100 cm³/mol. The van der Waals surface area contributed by atoms with Gasteiger partial charge in [-0.2, -0.15) is 5.10 Å². The van der Waals surface area contributed by atoms with Crippen molar-refractivity contribution in [3.63, 3.8) is 0 Å². The van der Waals surface area contributed by atoms with E-state index in [0.717, 1.165) is 11.8 Å². The van der Waals surface area contributed by atoms with Gasteiger partial charge in [0, 0.05) is 5.56 Å². The summed E-state index contributed by atoms with van der Waals surface area (Å²) in [5, 5.41) is 13.9. The van der Waals surface area contributed by atoms with Crippen molar-refractivity contribution >= 4 is 23.2 Å². The number of halogens is 1. The molecule has 4 aromatic rings. The molecule has 0 aliphatic rings. The van der Waals surface area contributed by atoms with Crippen LogP contribution in [0.2, 0.25) is 0 Å². The Bertz CT molecular complexity index is 1170. The van der Waals surface area contributed by atoms with Gasteiger partial charge < -0.3 is 9.73 Å². The highest BCUT2D eigenvalue weighted by Gasteiger charge is 2.14. The van der Waals surface area contributed by atoms with Crippen LogP contribution in [0, 0.1) is 5.82 Å². The van der Waals surface area contributed by atoms with Gasteiger partial charge in [-0.25, -0.2) is 14.0 Å². The summed E-state index contributed by atoms with van der Waals surface area (Å²) < 4.78 is 19.7. The number of furan rings is 1. The molecule has 0 saturated carbocycles. The molecule has 3 heterocycles. The molecule has 0 aliphatic carbocycles. The molecule has 0 fully saturated rings. The number of nitrogens with zero attached hydrogens (tertiary/aromatic N) is 3. The topological polar surface area (TPSA) is 105 Å². The van der Waals surface area contributed by atoms with Crippen LogP contribution in [0.4, 0.5) is 4.39 Å². The Morgan fingerprint density at radius 3 is 2.86 bits per heavy atom. The Kier molecular flexibility index (Phi) is 4.94. The zero-order valence-electron chi connectivity index (χ0n) is 14.4. The minimum atomic E-state index is -0.410. The number of carbonyl (C=O) groups is 1. The Balaban J connectivity index is 1.52. The first-order chi connectivity index (χ1) is 13.6. The van der Waals surface area contributed by atoms with Crippen LogP contribution in [0.15, 0.2) is 63.1 Å². The van der Waals surface area contributed by atoms with Crippen molar-refractivity contribution in [2.24, 2.45) is 0 Å². The van der Waals surface area contributed by atoms with E-state index in [0.29, 0.717) is 22.2 Å². The summed E-state index contributed by atoms with van der Waals surface area (Å²) in [5.74, 6) is 0.164. The molecule has 2 N–H and O–H groups in total. The number of H-pyrrole nitrogens is 1. The molecule has 10 heteroatoms. The lowest BCUT2D eigenvalue weighted by molar-refractivity contribution is -0.118. The number of nitrogens with one attached hydrogen (secondary N) is 2. The number of rotatable bonds is 6. The fourth-order valence-corrected chi connectivity index (χ4v) is 3.26. The lowest BCUT2D eigenvalue weighted by Crippen LogP contribution is -2.24. The maximum Gasteiger partial charge on any atom is 0.290 e. The molecule has 0 unspecified atom stereocenters. The van der Waals surface area contributed by atoms with Gasteiger partial charge in [0.05, 0.1) is 24.3 Å². The summed E-state index contributed by atoms with van der Waals surface area (Å²) in [6.45, 7) is 0.289. The quantitative estimate of drug-likeness (QED) is 0.482. The number of carbonyl (C=O) groups excluding carboxylic acids is 1. The monoisotopic (exact) mass is 399 g/mol. The van der Waals surface area contributed by atoms with Crippen molar-refractivity contribution in [1.82, 2.24) is 25.1 Å². The standard InChI is InChI=1S/C18H14FN5O3S/c19-12-5-3-11(4-6-12)14-8-15-17(26)21-22-18(24(15)23-14)28-10-16(25)20-9-13-2-1-7-27-13/h1-8H,9-10H2,(H,20,25)(H,21,26). The Labute approximate surface area is 161 Å². The maximum absolute atomic E-state index is 13.1. The van der Waals surface area contributed by atoms with Crippen LogP contribution in [0.25, 0.3) is 16.8 Å². The van der Waals surface area contributed by atoms with Crippen LogP contribution in [-0.2, 0) is 11.3 Å². The second kappa shape index (κ2) is 7.69. The molecule has 0 saturated heterocycles. The third-order valence-corrected chi connectivity index (χ3v) is 4.82. The summed E-state index contributed by atoms with van der Waals surface area (Å²) in [6, 6.07) is 10.9. The van der Waals surface area contributed by atoms with Gasteiger partial charge in [-0.15, -0.1) is 5.10 Å². The number of amides is 1. The van der Waals surface area contributed by atoms with E-state index in [-0.39, 0.29) is 29.5 Å². The van der Waals surface area contributed by atoms with Crippen molar-refractivity contribution in [2.45, 2.75) is 11.7 Å². The molecule has 1 amide bonds. The van der Waals surface area contributed by atoms with Gasteiger partial charge in [-0.05, 0) is 42.5 Å². The predicted octanol–water partition coefficient (Wildman–Crippen LogP) is 2.23. The summed E-state index contributed by atoms with van der Waals surface area (Å²) in [7, 11) is 0. The first-order valence-corrected chi connectivity index (χ1v) is 9.25. The Hall–Kier alpha value is -3.40. The first-order valence-electron chi connectivity index (χ1n) is 8.26. The van der Waals surface area contributed by atoms with Gasteiger partial charge in [0.2, 0.25) is 11.1 Å². The Morgan fingerprint density at radius 2 is 2.11 bits per heavy atom. The third-order valence-electron chi connectivity index (χ3n) is 3.89. The number of benzene rings is 1. The van der Waals surface area contributed by atoms with Crippen molar-refractivity contribution in [1.29, 1.82) is 0 Å². The molecule has 0 radical (unpaired) electrons. The number of hydrogen-bond donors (Lipinski definition) is 2. The molecule has 0 bridgehead atoms. The van der Waals surface area contributed by atoms with E-state index in [9.17, 15) is 14.0 Å². The van der Waals surface area contributed by atoms with E-state index in [1.807, 2.05) is 0 Å². The SMILES string of the molecule is O=C(CSc1n[nH]c(=O)c2cc(-c3ccc(F)cc3)nn12)NCc1ccco1. The highest BCUT2D eigenvalue weighted by atomic mass is 32.2. The van der Waals surface area contributed by atoms with Gasteiger partial charge >= 0.3 is 0 Å². The van der Waals surface area contributed by atoms with Crippen LogP contribution in [0.3, 0.4) is 0 Å². The minimum absolute atomic E-state index is 0.0839. The number of thioether (sulfide) groups is 1. The molecule has 0 spiro atoms. The summed E-state index contributed by atoms with van der Waals surface area (Å²) in [5.41, 5.74) is 1.04. The zero-order chi connectivity index (χ0) is 19.5. The second-order valence-electron chi connectivity index (χ2n) is 5.81.